The number of carbonyl (C=O) groups is 1. The van der Waals surface area contributed by atoms with Gasteiger partial charge < -0.3 is 24.9 Å². The minimum Gasteiger partial charge on any atom is -0.501 e. The Bertz CT molecular complexity index is 1460. The van der Waals surface area contributed by atoms with Gasteiger partial charge in [-0.3, -0.25) is 14.9 Å². The van der Waals surface area contributed by atoms with E-state index >= 15 is 0 Å². The number of hydrogen-bond acceptors (Lipinski definition) is 7. The number of hydrogen-bond donors (Lipinski definition) is 4. The molecule has 0 radical (unpaired) electrons. The summed E-state index contributed by atoms with van der Waals surface area (Å²) in [6.07, 6.45) is 0. The standard InChI is InChI=1S/C28H27FN4O5/c1-37-21-13-10-18(14-22(21)38-2)16-30-23(19-6-4-3-5-7-19)26-32-24(25(34)28(36)33-26)27(35)31-15-17-8-11-20(29)12-9-17/h3-14,23,30,34H,15-16H2,1-2H3,(H,31,35)(H,32,33,36). The van der Waals surface area contributed by atoms with Crippen molar-refractivity contribution in [1.29, 1.82) is 0 Å². The quantitative estimate of drug-likeness (QED) is 0.253. The van der Waals surface area contributed by atoms with Crippen LogP contribution in [0, 0.1) is 5.82 Å². The zero-order valence-corrected chi connectivity index (χ0v) is 20.8. The molecule has 1 aromatic heterocycles. The highest BCUT2D eigenvalue weighted by Crippen LogP contribution is 2.28. The summed E-state index contributed by atoms with van der Waals surface area (Å²) in [6, 6.07) is 19.7. The molecule has 10 heteroatoms. The maximum atomic E-state index is 13.2. The Morgan fingerprint density at radius 1 is 0.974 bits per heavy atom. The maximum Gasteiger partial charge on any atom is 0.293 e. The molecule has 9 nitrogen and oxygen atoms in total. The first-order valence-corrected chi connectivity index (χ1v) is 11.7. The Morgan fingerprint density at radius 2 is 1.66 bits per heavy atom. The molecule has 0 aliphatic rings. The first-order chi connectivity index (χ1) is 18.4. The summed E-state index contributed by atoms with van der Waals surface area (Å²) in [7, 11) is 3.11. The van der Waals surface area contributed by atoms with Crippen molar-refractivity contribution in [2.24, 2.45) is 0 Å². The predicted molar refractivity (Wildman–Crippen MR) is 139 cm³/mol. The molecule has 4 aromatic rings. The van der Waals surface area contributed by atoms with E-state index in [1.165, 1.54) is 24.3 Å². The fraction of sp³-hybridized carbons (Fsp3) is 0.179. The Morgan fingerprint density at radius 3 is 2.34 bits per heavy atom. The summed E-state index contributed by atoms with van der Waals surface area (Å²) in [5.74, 6) is -0.628. The molecule has 4 rings (SSSR count). The van der Waals surface area contributed by atoms with Crippen LogP contribution in [0.4, 0.5) is 4.39 Å². The number of rotatable bonds is 10. The molecule has 196 valence electrons. The van der Waals surface area contributed by atoms with Crippen LogP contribution in [0.15, 0.2) is 77.6 Å². The summed E-state index contributed by atoms with van der Waals surface area (Å²) < 4.78 is 23.8. The number of halogens is 1. The zero-order valence-electron chi connectivity index (χ0n) is 20.8. The number of carbonyl (C=O) groups excluding carboxylic acids is 1. The van der Waals surface area contributed by atoms with Crippen molar-refractivity contribution in [2.75, 3.05) is 14.2 Å². The number of nitrogens with one attached hydrogen (secondary N) is 3. The van der Waals surface area contributed by atoms with Gasteiger partial charge in [-0.25, -0.2) is 9.37 Å². The van der Waals surface area contributed by atoms with Crippen molar-refractivity contribution in [2.45, 2.75) is 19.1 Å². The molecule has 0 saturated heterocycles. The topological polar surface area (TPSA) is 126 Å². The number of aromatic amines is 1. The maximum absolute atomic E-state index is 13.2. The lowest BCUT2D eigenvalue weighted by Gasteiger charge is -2.20. The summed E-state index contributed by atoms with van der Waals surface area (Å²) in [5, 5.41) is 16.3. The largest absolute Gasteiger partial charge is 0.501 e. The van der Waals surface area contributed by atoms with Gasteiger partial charge in [0.15, 0.2) is 17.2 Å². The molecular formula is C28H27FN4O5. The van der Waals surface area contributed by atoms with E-state index in [0.29, 0.717) is 23.6 Å². The van der Waals surface area contributed by atoms with E-state index in [-0.39, 0.29) is 12.4 Å². The van der Waals surface area contributed by atoms with E-state index in [1.54, 1.807) is 20.3 Å². The molecule has 1 amide bonds. The van der Waals surface area contributed by atoms with Gasteiger partial charge >= 0.3 is 0 Å². The van der Waals surface area contributed by atoms with Gasteiger partial charge in [0.2, 0.25) is 5.75 Å². The van der Waals surface area contributed by atoms with E-state index in [2.05, 4.69) is 20.6 Å². The van der Waals surface area contributed by atoms with E-state index < -0.39 is 34.8 Å². The summed E-state index contributed by atoms with van der Waals surface area (Å²) in [5.41, 5.74) is 1.03. The second kappa shape index (κ2) is 12.0. The molecule has 1 atom stereocenters. The minimum absolute atomic E-state index is 0.0576. The van der Waals surface area contributed by atoms with Crippen LogP contribution in [0.25, 0.3) is 0 Å². The molecule has 38 heavy (non-hydrogen) atoms. The fourth-order valence-corrected chi connectivity index (χ4v) is 3.88. The van der Waals surface area contributed by atoms with Crippen LogP contribution < -0.4 is 25.7 Å². The highest BCUT2D eigenvalue weighted by Gasteiger charge is 2.23. The van der Waals surface area contributed by atoms with Gasteiger partial charge in [-0.15, -0.1) is 0 Å². The van der Waals surface area contributed by atoms with Crippen LogP contribution in [0.3, 0.4) is 0 Å². The average molecular weight is 519 g/mol. The lowest BCUT2D eigenvalue weighted by atomic mass is 10.1. The molecule has 3 aromatic carbocycles. The summed E-state index contributed by atoms with van der Waals surface area (Å²) in [4.78, 5) is 32.4. The Kier molecular flexibility index (Phi) is 8.34. The highest BCUT2D eigenvalue weighted by atomic mass is 19.1. The molecule has 0 aliphatic heterocycles. The van der Waals surface area contributed by atoms with Crippen LogP contribution in [-0.2, 0) is 13.1 Å². The molecule has 0 bridgehead atoms. The van der Waals surface area contributed by atoms with Gasteiger partial charge in [0.25, 0.3) is 11.5 Å². The second-order valence-electron chi connectivity index (χ2n) is 8.37. The molecule has 0 spiro atoms. The van der Waals surface area contributed by atoms with Crippen LogP contribution in [0.1, 0.15) is 39.0 Å². The van der Waals surface area contributed by atoms with Gasteiger partial charge in [0.1, 0.15) is 11.6 Å². The van der Waals surface area contributed by atoms with Crippen LogP contribution >= 0.6 is 0 Å². The van der Waals surface area contributed by atoms with Crippen molar-refractivity contribution >= 4 is 5.91 Å². The molecule has 0 aliphatic carbocycles. The number of benzene rings is 3. The fourth-order valence-electron chi connectivity index (χ4n) is 3.88. The van der Waals surface area contributed by atoms with E-state index in [9.17, 15) is 19.1 Å². The van der Waals surface area contributed by atoms with Crippen molar-refractivity contribution in [3.8, 4) is 17.2 Å². The SMILES string of the molecule is COc1ccc(CNC(c2ccccc2)c2nc(C(=O)NCc3ccc(F)cc3)c(O)c(=O)[nH]2)cc1OC. The number of nitrogens with zero attached hydrogens (tertiary/aromatic N) is 1. The number of ether oxygens (including phenoxy) is 2. The normalized spacial score (nSPS) is 11.6. The van der Waals surface area contributed by atoms with E-state index in [0.717, 1.165) is 11.1 Å². The zero-order chi connectivity index (χ0) is 27.1. The third-order valence-electron chi connectivity index (χ3n) is 5.86. The Labute approximate surface area is 218 Å². The predicted octanol–water partition coefficient (Wildman–Crippen LogP) is 3.44. The molecule has 4 N–H and O–H groups in total. The third-order valence-corrected chi connectivity index (χ3v) is 5.86. The second-order valence-corrected chi connectivity index (χ2v) is 8.37. The monoisotopic (exact) mass is 518 g/mol. The minimum atomic E-state index is -0.851. The Balaban J connectivity index is 1.62. The average Bonchev–Trinajstić information content (AvgIpc) is 2.94. The smallest absolute Gasteiger partial charge is 0.293 e. The number of H-pyrrole nitrogens is 1. The van der Waals surface area contributed by atoms with Crippen LogP contribution in [-0.4, -0.2) is 35.2 Å². The first kappa shape index (κ1) is 26.4. The third kappa shape index (κ3) is 6.16. The lowest BCUT2D eigenvalue weighted by Crippen LogP contribution is -2.30. The van der Waals surface area contributed by atoms with E-state index in [4.69, 9.17) is 9.47 Å². The van der Waals surface area contributed by atoms with Crippen molar-refractivity contribution in [3.63, 3.8) is 0 Å². The van der Waals surface area contributed by atoms with Crippen molar-refractivity contribution in [3.05, 3.63) is 117 Å². The lowest BCUT2D eigenvalue weighted by molar-refractivity contribution is 0.0942. The van der Waals surface area contributed by atoms with Gasteiger partial charge in [0.05, 0.1) is 20.3 Å². The van der Waals surface area contributed by atoms with Gasteiger partial charge in [-0.05, 0) is 41.0 Å². The number of aromatic nitrogens is 2. The van der Waals surface area contributed by atoms with Crippen molar-refractivity contribution in [1.82, 2.24) is 20.6 Å². The van der Waals surface area contributed by atoms with Crippen molar-refractivity contribution < 1.29 is 23.8 Å². The highest BCUT2D eigenvalue weighted by molar-refractivity contribution is 5.94. The number of aromatic hydroxyl groups is 1. The summed E-state index contributed by atoms with van der Waals surface area (Å²) >= 11 is 0. The van der Waals surface area contributed by atoms with E-state index in [1.807, 2.05) is 42.5 Å². The summed E-state index contributed by atoms with van der Waals surface area (Å²) in [6.45, 7) is 0.415. The van der Waals surface area contributed by atoms with Crippen LogP contribution in [0.5, 0.6) is 17.2 Å². The Hall–Kier alpha value is -4.70. The number of amides is 1. The first-order valence-electron chi connectivity index (χ1n) is 11.7. The van der Waals surface area contributed by atoms with Gasteiger partial charge in [-0.1, -0.05) is 48.5 Å². The molecular weight excluding hydrogens is 491 g/mol. The molecule has 0 saturated carbocycles. The van der Waals surface area contributed by atoms with Crippen LogP contribution in [0.2, 0.25) is 0 Å². The molecule has 1 unspecified atom stereocenters. The number of methoxy groups -OCH3 is 2. The van der Waals surface area contributed by atoms with Gasteiger partial charge in [-0.2, -0.15) is 0 Å². The molecule has 0 fully saturated rings. The van der Waals surface area contributed by atoms with Gasteiger partial charge in [0, 0.05) is 13.1 Å². The molecule has 1 heterocycles.